The molecule has 0 aliphatic carbocycles. The van der Waals surface area contributed by atoms with E-state index in [9.17, 15) is 0 Å². The molecule has 0 fully saturated rings. The van der Waals surface area contributed by atoms with E-state index in [-0.39, 0.29) is 0 Å². The molecule has 0 atom stereocenters. The first-order valence-electron chi connectivity index (χ1n) is 13.1. The molecule has 0 aliphatic heterocycles. The Hall–Kier alpha value is -0.800. The van der Waals surface area contributed by atoms with Crippen LogP contribution in [0.2, 0.25) is 0 Å². The van der Waals surface area contributed by atoms with Gasteiger partial charge >= 0.3 is 0 Å². The first kappa shape index (κ1) is 25.8. The molecule has 3 rings (SSSR count). The molecule has 0 saturated heterocycles. The molecule has 0 saturated carbocycles. The monoisotopic (exact) mass is 561 g/mol. The van der Waals surface area contributed by atoms with Crippen molar-refractivity contribution in [3.8, 4) is 0 Å². The van der Waals surface area contributed by atoms with E-state index < -0.39 is 0 Å². The van der Waals surface area contributed by atoms with Crippen LogP contribution in [0.1, 0.15) is 103 Å². The highest BCUT2D eigenvalue weighted by Gasteiger charge is 2.11. The molecule has 0 unspecified atom stereocenters. The Labute approximate surface area is 212 Å². The predicted octanol–water partition coefficient (Wildman–Crippen LogP) is 11.2. The molecule has 0 spiro atoms. The summed E-state index contributed by atoms with van der Waals surface area (Å²) >= 11 is 7.29. The molecule has 1 nitrogen and oxygen atoms in total. The highest BCUT2D eigenvalue weighted by atomic mass is 79.9. The first-order valence-corrected chi connectivity index (χ1v) is 14.7. The summed E-state index contributed by atoms with van der Waals surface area (Å²) in [6, 6.07) is 13.4. The molecule has 32 heavy (non-hydrogen) atoms. The smallest absolute Gasteiger partial charge is 0.0492 e. The SMILES string of the molecule is CCCCCCCCCCCCCCCCCn1c2ccc(Br)cc2c2cc(Br)ccc21. The van der Waals surface area contributed by atoms with Gasteiger partial charge in [0.1, 0.15) is 0 Å². The minimum Gasteiger partial charge on any atom is -0.340 e. The number of hydrogen-bond acceptors (Lipinski definition) is 0. The number of fused-ring (bicyclic) bond motifs is 3. The van der Waals surface area contributed by atoms with Crippen molar-refractivity contribution in [2.45, 2.75) is 110 Å². The third-order valence-corrected chi connectivity index (χ3v) is 7.76. The number of nitrogens with zero attached hydrogens (tertiary/aromatic N) is 1. The second kappa shape index (κ2) is 14.5. The van der Waals surface area contributed by atoms with Crippen LogP contribution in [0.25, 0.3) is 21.8 Å². The number of aromatic nitrogens is 1. The lowest BCUT2D eigenvalue weighted by Gasteiger charge is -2.08. The molecule has 3 heteroatoms. The molecule has 3 aromatic rings. The van der Waals surface area contributed by atoms with Gasteiger partial charge in [-0.15, -0.1) is 0 Å². The van der Waals surface area contributed by atoms with Crippen LogP contribution >= 0.6 is 31.9 Å². The van der Waals surface area contributed by atoms with E-state index in [1.165, 1.54) is 118 Å². The van der Waals surface area contributed by atoms with E-state index in [0.717, 1.165) is 15.5 Å². The van der Waals surface area contributed by atoms with Crippen LogP contribution in [0.4, 0.5) is 0 Å². The Morgan fingerprint density at radius 1 is 0.531 bits per heavy atom. The zero-order valence-corrected chi connectivity index (χ0v) is 23.2. The Morgan fingerprint density at radius 3 is 1.31 bits per heavy atom. The highest BCUT2D eigenvalue weighted by Crippen LogP contribution is 2.33. The number of benzene rings is 2. The molecule has 1 aromatic heterocycles. The van der Waals surface area contributed by atoms with E-state index in [1.54, 1.807) is 0 Å². The van der Waals surface area contributed by atoms with Gasteiger partial charge < -0.3 is 4.57 Å². The average Bonchev–Trinajstić information content (AvgIpc) is 3.08. The Morgan fingerprint density at radius 2 is 0.906 bits per heavy atom. The lowest BCUT2D eigenvalue weighted by molar-refractivity contribution is 0.526. The van der Waals surface area contributed by atoms with Crippen LogP contribution < -0.4 is 0 Å². The van der Waals surface area contributed by atoms with Crippen LogP contribution in [0.3, 0.4) is 0 Å². The molecular weight excluding hydrogens is 522 g/mol. The fourth-order valence-electron chi connectivity index (χ4n) is 4.93. The molecular formula is C29H41Br2N. The summed E-state index contributed by atoms with van der Waals surface area (Å²) in [6.07, 6.45) is 21.2. The molecule has 0 amide bonds. The van der Waals surface area contributed by atoms with Crippen LogP contribution in [0.15, 0.2) is 45.3 Å². The summed E-state index contributed by atoms with van der Waals surface area (Å²) in [5, 5.41) is 2.69. The van der Waals surface area contributed by atoms with Gasteiger partial charge in [-0.1, -0.05) is 129 Å². The lowest BCUT2D eigenvalue weighted by Crippen LogP contribution is -1.97. The number of hydrogen-bond donors (Lipinski definition) is 0. The van der Waals surface area contributed by atoms with Gasteiger partial charge in [0.15, 0.2) is 0 Å². The van der Waals surface area contributed by atoms with E-state index >= 15 is 0 Å². The van der Waals surface area contributed by atoms with Gasteiger partial charge in [-0.25, -0.2) is 0 Å². The molecule has 176 valence electrons. The Balaban J connectivity index is 1.31. The number of halogens is 2. The Bertz CT molecular complexity index is 884. The van der Waals surface area contributed by atoms with E-state index in [1.807, 2.05) is 0 Å². The average molecular weight is 563 g/mol. The summed E-state index contributed by atoms with van der Waals surface area (Å²) in [6.45, 7) is 3.41. The van der Waals surface area contributed by atoms with Crippen LogP contribution in [-0.4, -0.2) is 4.57 Å². The standard InChI is InChI=1S/C29H41Br2N/c1-2-3-4-5-6-7-8-9-10-11-12-13-14-15-16-21-32-28-19-17-24(30)22-26(28)27-23-25(31)18-20-29(27)32/h17-20,22-23H,2-16,21H2,1H3. The Kier molecular flexibility index (Phi) is 11.7. The molecule has 0 radical (unpaired) electrons. The lowest BCUT2D eigenvalue weighted by atomic mass is 10.0. The van der Waals surface area contributed by atoms with Gasteiger partial charge in [-0.3, -0.25) is 0 Å². The fourth-order valence-corrected chi connectivity index (χ4v) is 5.65. The molecule has 0 bridgehead atoms. The highest BCUT2D eigenvalue weighted by molar-refractivity contribution is 9.10. The van der Waals surface area contributed by atoms with Gasteiger partial charge in [0.2, 0.25) is 0 Å². The summed E-state index contributed by atoms with van der Waals surface area (Å²) in [5.74, 6) is 0. The van der Waals surface area contributed by atoms with Crippen molar-refractivity contribution in [2.24, 2.45) is 0 Å². The maximum Gasteiger partial charge on any atom is 0.0492 e. The van der Waals surface area contributed by atoms with Crippen molar-refractivity contribution in [1.29, 1.82) is 0 Å². The minimum absolute atomic E-state index is 1.11. The molecule has 2 aromatic carbocycles. The minimum atomic E-state index is 1.11. The maximum atomic E-state index is 3.65. The quantitative estimate of drug-likeness (QED) is 0.153. The van der Waals surface area contributed by atoms with Crippen LogP contribution in [-0.2, 0) is 6.54 Å². The second-order valence-corrected chi connectivity index (χ2v) is 11.3. The summed E-state index contributed by atoms with van der Waals surface area (Å²) in [7, 11) is 0. The van der Waals surface area contributed by atoms with Gasteiger partial charge in [0.05, 0.1) is 0 Å². The fraction of sp³-hybridized carbons (Fsp3) is 0.586. The normalized spacial score (nSPS) is 11.7. The zero-order valence-electron chi connectivity index (χ0n) is 20.0. The van der Waals surface area contributed by atoms with Crippen molar-refractivity contribution >= 4 is 53.7 Å². The van der Waals surface area contributed by atoms with Gasteiger partial charge in [0, 0.05) is 37.3 Å². The van der Waals surface area contributed by atoms with Crippen LogP contribution in [0, 0.1) is 0 Å². The summed E-state index contributed by atoms with van der Waals surface area (Å²) < 4.78 is 4.82. The maximum absolute atomic E-state index is 3.65. The van der Waals surface area contributed by atoms with Gasteiger partial charge in [0.25, 0.3) is 0 Å². The van der Waals surface area contributed by atoms with Gasteiger partial charge in [-0.05, 0) is 42.8 Å². The zero-order chi connectivity index (χ0) is 22.6. The topological polar surface area (TPSA) is 4.93 Å². The predicted molar refractivity (Wildman–Crippen MR) is 150 cm³/mol. The third-order valence-electron chi connectivity index (χ3n) is 6.77. The number of rotatable bonds is 16. The van der Waals surface area contributed by atoms with E-state index in [0.29, 0.717) is 0 Å². The molecule has 1 heterocycles. The van der Waals surface area contributed by atoms with Crippen molar-refractivity contribution in [2.75, 3.05) is 0 Å². The van der Waals surface area contributed by atoms with Crippen molar-refractivity contribution < 1.29 is 0 Å². The van der Waals surface area contributed by atoms with E-state index in [4.69, 9.17) is 0 Å². The number of aryl methyl sites for hydroxylation is 1. The molecule has 0 N–H and O–H groups in total. The summed E-state index contributed by atoms with van der Waals surface area (Å²) in [5.41, 5.74) is 2.71. The van der Waals surface area contributed by atoms with Crippen molar-refractivity contribution in [3.63, 3.8) is 0 Å². The second-order valence-electron chi connectivity index (χ2n) is 9.42. The van der Waals surface area contributed by atoms with E-state index in [2.05, 4.69) is 79.7 Å². The van der Waals surface area contributed by atoms with Crippen LogP contribution in [0.5, 0.6) is 0 Å². The molecule has 0 aliphatic rings. The largest absolute Gasteiger partial charge is 0.340 e. The summed E-state index contributed by atoms with van der Waals surface area (Å²) in [4.78, 5) is 0. The third kappa shape index (κ3) is 7.90. The first-order chi connectivity index (χ1) is 15.7. The van der Waals surface area contributed by atoms with Crippen molar-refractivity contribution in [1.82, 2.24) is 4.57 Å². The van der Waals surface area contributed by atoms with Gasteiger partial charge in [-0.2, -0.15) is 0 Å². The number of unbranched alkanes of at least 4 members (excludes halogenated alkanes) is 14. The van der Waals surface area contributed by atoms with Crippen molar-refractivity contribution in [3.05, 3.63) is 45.3 Å².